The van der Waals surface area contributed by atoms with Crippen LogP contribution in [0.2, 0.25) is 10.0 Å². The van der Waals surface area contributed by atoms with Crippen molar-refractivity contribution in [3.63, 3.8) is 0 Å². The van der Waals surface area contributed by atoms with Crippen LogP contribution < -0.4 is 20.5 Å². The van der Waals surface area contributed by atoms with Gasteiger partial charge >= 0.3 is 11.9 Å². The highest BCUT2D eigenvalue weighted by Crippen LogP contribution is 2.45. The van der Waals surface area contributed by atoms with E-state index in [1.165, 1.54) is 25.7 Å². The van der Waals surface area contributed by atoms with Gasteiger partial charge in [0, 0.05) is 6.04 Å². The Bertz CT molecular complexity index is 1230. The van der Waals surface area contributed by atoms with Crippen molar-refractivity contribution in [1.29, 1.82) is 0 Å². The summed E-state index contributed by atoms with van der Waals surface area (Å²) in [6.45, 7) is 3.16. The summed E-state index contributed by atoms with van der Waals surface area (Å²) in [7, 11) is 1.49. The summed E-state index contributed by atoms with van der Waals surface area (Å²) in [5, 5.41) is 3.11. The van der Waals surface area contributed by atoms with E-state index in [1.807, 2.05) is 0 Å². The largest absolute Gasteiger partial charge is 0.496 e. The SMILES string of the molecule is CCOC(=O)C(N)(C(=O)OCC)c1cc(Cl)c(Oc2ccc(OC)c(C(=O)NC3CC4CCC3C4)c2)c(Cl)c1. The number of halogens is 2. The van der Waals surface area contributed by atoms with Crippen LogP contribution in [0.3, 0.4) is 0 Å². The monoisotopic (exact) mass is 578 g/mol. The molecule has 39 heavy (non-hydrogen) atoms. The number of nitrogens with one attached hydrogen (secondary N) is 1. The molecule has 0 saturated heterocycles. The van der Waals surface area contributed by atoms with E-state index in [9.17, 15) is 14.4 Å². The molecule has 0 spiro atoms. The van der Waals surface area contributed by atoms with E-state index in [4.69, 9.17) is 47.9 Å². The molecule has 2 aliphatic carbocycles. The third-order valence-electron chi connectivity index (χ3n) is 7.34. The minimum absolute atomic E-state index is 0.00475. The number of amides is 1. The quantitative estimate of drug-likeness (QED) is 0.298. The fourth-order valence-corrected chi connectivity index (χ4v) is 5.97. The molecule has 0 aliphatic heterocycles. The molecule has 1 amide bonds. The van der Waals surface area contributed by atoms with Crippen LogP contribution in [0.5, 0.6) is 17.2 Å². The van der Waals surface area contributed by atoms with E-state index in [1.54, 1.807) is 32.0 Å². The standard InChI is InChI=1S/C28H32Cl2N2O7/c1-4-37-26(34)28(31,27(35)38-5-2)17-12-20(29)24(21(30)13-17)39-18-8-9-23(36-3)19(14-18)25(33)32-22-11-15-6-7-16(22)10-15/h8-9,12-16,22H,4-7,10-11,31H2,1-3H3,(H,32,33). The molecule has 2 saturated carbocycles. The van der Waals surface area contributed by atoms with Crippen molar-refractivity contribution >= 4 is 41.0 Å². The van der Waals surface area contributed by atoms with Crippen molar-refractivity contribution in [2.45, 2.75) is 51.1 Å². The van der Waals surface area contributed by atoms with Gasteiger partial charge in [-0.1, -0.05) is 29.6 Å². The van der Waals surface area contributed by atoms with Gasteiger partial charge in [-0.3, -0.25) is 4.79 Å². The number of esters is 2. The van der Waals surface area contributed by atoms with Crippen molar-refractivity contribution in [3.05, 3.63) is 51.5 Å². The molecule has 4 rings (SSSR count). The highest BCUT2D eigenvalue weighted by atomic mass is 35.5. The Morgan fingerprint density at radius 1 is 1.00 bits per heavy atom. The molecule has 0 aromatic heterocycles. The van der Waals surface area contributed by atoms with Crippen molar-refractivity contribution < 1.29 is 33.3 Å². The van der Waals surface area contributed by atoms with Crippen LogP contribution in [0.4, 0.5) is 0 Å². The van der Waals surface area contributed by atoms with Crippen LogP contribution >= 0.6 is 23.2 Å². The molecule has 0 radical (unpaired) electrons. The lowest BCUT2D eigenvalue weighted by molar-refractivity contribution is -0.164. The lowest BCUT2D eigenvalue weighted by atomic mass is 9.91. The molecule has 0 heterocycles. The zero-order chi connectivity index (χ0) is 28.3. The number of methoxy groups -OCH3 is 1. The third-order valence-corrected chi connectivity index (χ3v) is 7.90. The summed E-state index contributed by atoms with van der Waals surface area (Å²) in [6, 6.07) is 7.52. The smallest absolute Gasteiger partial charge is 0.342 e. The molecule has 2 bridgehead atoms. The van der Waals surface area contributed by atoms with Gasteiger partial charge in [0.05, 0.1) is 35.9 Å². The Balaban J connectivity index is 1.61. The van der Waals surface area contributed by atoms with Crippen LogP contribution in [0.15, 0.2) is 30.3 Å². The fourth-order valence-electron chi connectivity index (χ4n) is 5.41. The lowest BCUT2D eigenvalue weighted by Gasteiger charge is -2.26. The molecular weight excluding hydrogens is 547 g/mol. The van der Waals surface area contributed by atoms with Crippen LogP contribution in [0.25, 0.3) is 0 Å². The first-order valence-corrected chi connectivity index (χ1v) is 13.7. The Labute approximate surface area is 237 Å². The number of fused-ring (bicyclic) bond motifs is 2. The molecule has 9 nitrogen and oxygen atoms in total. The minimum Gasteiger partial charge on any atom is -0.496 e. The van der Waals surface area contributed by atoms with Crippen LogP contribution in [0, 0.1) is 11.8 Å². The second kappa shape index (κ2) is 12.0. The molecule has 2 aliphatic rings. The number of rotatable bonds is 10. The van der Waals surface area contributed by atoms with E-state index >= 15 is 0 Å². The van der Waals surface area contributed by atoms with Gasteiger partial charge < -0.3 is 30.0 Å². The average Bonchev–Trinajstić information content (AvgIpc) is 3.53. The van der Waals surface area contributed by atoms with Crippen LogP contribution in [0.1, 0.15) is 55.5 Å². The highest BCUT2D eigenvalue weighted by molar-refractivity contribution is 6.37. The number of hydrogen-bond donors (Lipinski definition) is 2. The second-order valence-electron chi connectivity index (χ2n) is 9.74. The van der Waals surface area contributed by atoms with Crippen LogP contribution in [-0.4, -0.2) is 44.2 Å². The van der Waals surface area contributed by atoms with Gasteiger partial charge in [0.1, 0.15) is 11.5 Å². The fraction of sp³-hybridized carbons (Fsp3) is 0.464. The Morgan fingerprint density at radius 2 is 1.64 bits per heavy atom. The number of hydrogen-bond acceptors (Lipinski definition) is 8. The molecule has 3 N–H and O–H groups in total. The van der Waals surface area contributed by atoms with E-state index in [-0.39, 0.29) is 52.3 Å². The van der Waals surface area contributed by atoms with Crippen molar-refractivity contribution in [1.82, 2.24) is 5.32 Å². The van der Waals surface area contributed by atoms with Crippen molar-refractivity contribution in [2.24, 2.45) is 17.6 Å². The summed E-state index contributed by atoms with van der Waals surface area (Å²) >= 11 is 13.0. The maximum absolute atomic E-state index is 13.2. The Hall–Kier alpha value is -3.01. The van der Waals surface area contributed by atoms with E-state index in [0.29, 0.717) is 23.1 Å². The van der Waals surface area contributed by atoms with E-state index in [2.05, 4.69) is 5.32 Å². The van der Waals surface area contributed by atoms with Crippen molar-refractivity contribution in [3.8, 4) is 17.2 Å². The molecular formula is C28H32Cl2N2O7. The molecule has 11 heteroatoms. The summed E-state index contributed by atoms with van der Waals surface area (Å²) in [6.07, 6.45) is 4.52. The molecule has 3 unspecified atom stereocenters. The van der Waals surface area contributed by atoms with Gasteiger partial charge in [0.25, 0.3) is 5.91 Å². The predicted octanol–water partition coefficient (Wildman–Crippen LogP) is 4.99. The first kappa shape index (κ1) is 29.0. The zero-order valence-corrected chi connectivity index (χ0v) is 23.6. The van der Waals surface area contributed by atoms with Crippen molar-refractivity contribution in [2.75, 3.05) is 20.3 Å². The first-order valence-electron chi connectivity index (χ1n) is 12.9. The second-order valence-corrected chi connectivity index (χ2v) is 10.6. The number of carbonyl (C=O) groups is 3. The Morgan fingerprint density at radius 3 is 2.15 bits per heavy atom. The Kier molecular flexibility index (Phi) is 8.93. The first-order chi connectivity index (χ1) is 18.6. The summed E-state index contributed by atoms with van der Waals surface area (Å²) < 4.78 is 21.4. The molecule has 2 fully saturated rings. The third kappa shape index (κ3) is 5.81. The number of benzene rings is 2. The molecule has 2 aromatic rings. The summed E-state index contributed by atoms with van der Waals surface area (Å²) in [5.41, 5.74) is 4.23. The van der Waals surface area contributed by atoms with Gasteiger partial charge in [-0.2, -0.15) is 0 Å². The maximum atomic E-state index is 13.2. The summed E-state index contributed by atoms with van der Waals surface area (Å²) in [4.78, 5) is 38.6. The molecule has 210 valence electrons. The zero-order valence-electron chi connectivity index (χ0n) is 22.1. The predicted molar refractivity (Wildman–Crippen MR) is 145 cm³/mol. The topological polar surface area (TPSA) is 126 Å². The minimum atomic E-state index is -2.29. The number of ether oxygens (including phenoxy) is 4. The molecule has 3 atom stereocenters. The van der Waals surface area contributed by atoms with E-state index in [0.717, 1.165) is 19.3 Å². The highest BCUT2D eigenvalue weighted by Gasteiger charge is 2.48. The van der Waals surface area contributed by atoms with Gasteiger partial charge in [-0.25, -0.2) is 9.59 Å². The lowest BCUT2D eigenvalue weighted by Crippen LogP contribution is -2.53. The van der Waals surface area contributed by atoms with Crippen LogP contribution in [-0.2, 0) is 24.6 Å². The normalized spacial score (nSPS) is 19.9. The molecule has 2 aromatic carbocycles. The van der Waals surface area contributed by atoms with Gasteiger partial charge in [-0.05, 0) is 80.8 Å². The van der Waals surface area contributed by atoms with Gasteiger partial charge in [-0.15, -0.1) is 0 Å². The average molecular weight is 579 g/mol. The van der Waals surface area contributed by atoms with E-state index < -0.39 is 17.5 Å². The number of carbonyl (C=O) groups excluding carboxylic acids is 3. The maximum Gasteiger partial charge on any atom is 0.342 e. The van der Waals surface area contributed by atoms with Gasteiger partial charge in [0.15, 0.2) is 5.75 Å². The van der Waals surface area contributed by atoms with Gasteiger partial charge in [0.2, 0.25) is 5.54 Å². The number of nitrogens with two attached hydrogens (primary N) is 1. The summed E-state index contributed by atoms with van der Waals surface area (Å²) in [5.74, 6) is -0.354.